The van der Waals surface area contributed by atoms with Crippen LogP contribution in [-0.4, -0.2) is 0 Å². The van der Waals surface area contributed by atoms with Gasteiger partial charge in [0.15, 0.2) is 0 Å². The Kier molecular flexibility index (Phi) is 21.5. The third-order valence-corrected chi connectivity index (χ3v) is 31.6. The lowest BCUT2D eigenvalue weighted by atomic mass is 9.83. The lowest BCUT2D eigenvalue weighted by Gasteiger charge is -2.21. The Balaban J connectivity index is 0.000000113. The average molecular weight is 1800 g/mol. The summed E-state index contributed by atoms with van der Waals surface area (Å²) in [7, 11) is 0. The molecule has 0 N–H and O–H groups in total. The molecule has 0 atom stereocenters. The molecule has 0 fully saturated rings. The van der Waals surface area contributed by atoms with Gasteiger partial charge in [0.1, 0.15) is 0 Å². The lowest BCUT2D eigenvalue weighted by molar-refractivity contribution is 0.590. The summed E-state index contributed by atoms with van der Waals surface area (Å²) in [5.41, 5.74) is 30.5. The van der Waals surface area contributed by atoms with Crippen LogP contribution in [0, 0.1) is 0 Å². The molecule has 0 saturated heterocycles. The van der Waals surface area contributed by atoms with Crippen molar-refractivity contribution in [3.8, 4) is 122 Å². The van der Waals surface area contributed by atoms with Crippen LogP contribution in [0.5, 0.6) is 0 Å². The fourth-order valence-corrected chi connectivity index (χ4v) is 24.4. The number of benzene rings is 23. The summed E-state index contributed by atoms with van der Waals surface area (Å²) < 4.78 is 8.02. The van der Waals surface area contributed by atoms with Crippen LogP contribution < -0.4 is 0 Å². The molecule has 0 spiro atoms. The van der Waals surface area contributed by atoms with Gasteiger partial charge in [0.25, 0.3) is 0 Å². The first-order valence-electron chi connectivity index (χ1n) is 47.5. The first-order valence-corrected chi connectivity index (χ1v) is 50.0. The van der Waals surface area contributed by atoms with E-state index in [2.05, 4.69) is 515 Å². The quantitative estimate of drug-likeness (QED) is 0.113. The molecule has 3 heteroatoms. The number of fused-ring (bicyclic) bond motifs is 18. The zero-order valence-electron chi connectivity index (χ0n) is 77.3. The van der Waals surface area contributed by atoms with Crippen LogP contribution in [0.1, 0.15) is 52.7 Å². The second-order valence-electron chi connectivity index (χ2n) is 38.5. The van der Waals surface area contributed by atoms with Crippen molar-refractivity contribution in [3.05, 3.63) is 484 Å². The van der Waals surface area contributed by atoms with E-state index in [9.17, 15) is 0 Å². The number of thiophene rings is 3. The minimum Gasteiger partial charge on any atom is -0.135 e. The summed E-state index contributed by atoms with van der Waals surface area (Å²) in [5, 5.41) is 23.5. The molecule has 3 heterocycles. The van der Waals surface area contributed by atoms with Crippen LogP contribution in [0.25, 0.3) is 248 Å². The van der Waals surface area contributed by atoms with E-state index < -0.39 is 0 Å². The van der Waals surface area contributed by atoms with E-state index in [0.29, 0.717) is 0 Å². The molecule has 26 aromatic rings. The van der Waals surface area contributed by atoms with E-state index in [0.717, 1.165) is 0 Å². The van der Waals surface area contributed by atoms with Crippen molar-refractivity contribution >= 4 is 159 Å². The molecule has 0 saturated carbocycles. The molecule has 0 nitrogen and oxygen atoms in total. The van der Waals surface area contributed by atoms with Crippen molar-refractivity contribution in [3.63, 3.8) is 0 Å². The molecule has 0 unspecified atom stereocenters. The minimum atomic E-state index is 0.0466. The van der Waals surface area contributed by atoms with Crippen molar-refractivity contribution in [1.82, 2.24) is 0 Å². The molecule has 23 aromatic carbocycles. The topological polar surface area (TPSA) is 0 Å². The van der Waals surface area contributed by atoms with Gasteiger partial charge in [-0.2, -0.15) is 0 Å². The molecule has 650 valence electrons. The normalized spacial score (nSPS) is 11.9. The van der Waals surface area contributed by atoms with Gasteiger partial charge < -0.3 is 0 Å². The lowest BCUT2D eigenvalue weighted by Crippen LogP contribution is -2.11. The third kappa shape index (κ3) is 15.8. The van der Waals surface area contributed by atoms with E-state index in [4.69, 9.17) is 0 Å². The molecule has 3 aromatic heterocycles. The van der Waals surface area contributed by atoms with Crippen LogP contribution in [0.2, 0.25) is 0 Å². The molecule has 26 rings (SSSR count). The number of hydrogen-bond donors (Lipinski definition) is 0. The summed E-state index contributed by atoms with van der Waals surface area (Å²) in [6, 6.07) is 174. The van der Waals surface area contributed by atoms with Gasteiger partial charge in [-0.25, -0.2) is 0 Å². The fourth-order valence-electron chi connectivity index (χ4n) is 20.7. The highest BCUT2D eigenvalue weighted by Gasteiger charge is 2.26. The van der Waals surface area contributed by atoms with Gasteiger partial charge in [-0.05, 0) is 289 Å². The monoisotopic (exact) mass is 1800 g/mol. The van der Waals surface area contributed by atoms with Gasteiger partial charge in [-0.1, -0.05) is 418 Å². The minimum absolute atomic E-state index is 0.0466. The smallest absolute Gasteiger partial charge is 0.0434 e. The average Bonchev–Trinajstić information content (AvgIpc) is 1.60. The third-order valence-electron chi connectivity index (χ3n) is 27.9. The molecule has 137 heavy (non-hydrogen) atoms. The first-order chi connectivity index (χ1) is 67.2. The largest absolute Gasteiger partial charge is 0.135 e. The first kappa shape index (κ1) is 84.3. The van der Waals surface area contributed by atoms with E-state index >= 15 is 0 Å². The molecule has 0 radical (unpaired) electrons. The summed E-state index contributed by atoms with van der Waals surface area (Å²) in [4.78, 5) is 0. The van der Waals surface area contributed by atoms with Crippen molar-refractivity contribution in [2.75, 3.05) is 0 Å². The maximum atomic E-state index is 2.45. The Morgan fingerprint density at radius 1 is 0.131 bits per heavy atom. The molecule has 0 aliphatic rings. The van der Waals surface area contributed by atoms with Crippen molar-refractivity contribution < 1.29 is 0 Å². The molecule has 0 bridgehead atoms. The number of hydrogen-bond acceptors (Lipinski definition) is 3. The predicted octanol–water partition coefficient (Wildman–Crippen LogP) is 40.0. The van der Waals surface area contributed by atoms with Gasteiger partial charge >= 0.3 is 0 Å². The maximum Gasteiger partial charge on any atom is 0.0434 e. The predicted molar refractivity (Wildman–Crippen MR) is 600 cm³/mol. The number of rotatable bonds is 11. The Morgan fingerprint density at radius 2 is 0.387 bits per heavy atom. The highest BCUT2D eigenvalue weighted by Crippen LogP contribution is 2.52. The van der Waals surface area contributed by atoms with E-state index in [1.165, 1.54) is 259 Å². The van der Waals surface area contributed by atoms with Crippen LogP contribution >= 0.6 is 34.0 Å². The second-order valence-corrected chi connectivity index (χ2v) is 41.6. The summed E-state index contributed by atoms with van der Waals surface area (Å²) in [6.45, 7) is 13.9. The zero-order valence-corrected chi connectivity index (χ0v) is 79.7. The second kappa shape index (κ2) is 34.9. The maximum absolute atomic E-state index is 2.45. The standard InChI is InChI=1S/C50H32S.C44H28S.C40H36S/c1-4-14-33(15-5-1)39-29-45(35-18-8-3-9-19-35)49-47(31-39)48-32-40(34-16-6-2-7-17-34)30-46(50(48)51-49)37-26-24-36(25-27-37)44-28-38-20-10-11-21-41(38)42-22-12-13-23-43(42)44;1-3-11-29(12-4-1)33-23-24-43-41(25-33)42-28-35(30-13-5-2-6-14-30)27-40(44(42)45-43)32-21-19-31(20-22-32)39-26-34-15-7-8-16-36(34)37-17-9-10-18-38(37)39;1-39(2,3)28-18-19-37-35(22-28)36-24-29(40(4,5)6)23-34(38(36)41-37)26-14-11-13-25(20-26)33-21-27-12-7-8-15-30(27)31-16-9-10-17-32(31)33/h1-32H;1-28H;7-24H,1-6H3. The van der Waals surface area contributed by atoms with Crippen molar-refractivity contribution in [2.24, 2.45) is 0 Å². The van der Waals surface area contributed by atoms with E-state index in [1.807, 2.05) is 34.0 Å². The summed E-state index contributed by atoms with van der Waals surface area (Å²) in [5.74, 6) is 0. The van der Waals surface area contributed by atoms with Gasteiger partial charge in [0.2, 0.25) is 0 Å². The zero-order chi connectivity index (χ0) is 92.0. The Bertz CT molecular complexity index is 9160. The van der Waals surface area contributed by atoms with E-state index in [1.54, 1.807) is 0 Å². The van der Waals surface area contributed by atoms with E-state index in [-0.39, 0.29) is 10.8 Å². The van der Waals surface area contributed by atoms with Crippen LogP contribution in [0.4, 0.5) is 0 Å². The van der Waals surface area contributed by atoms with Gasteiger partial charge in [0, 0.05) is 77.2 Å². The summed E-state index contributed by atoms with van der Waals surface area (Å²) in [6.07, 6.45) is 0. The van der Waals surface area contributed by atoms with Crippen LogP contribution in [-0.2, 0) is 10.8 Å². The molecular formula is C134H96S3. The van der Waals surface area contributed by atoms with Gasteiger partial charge in [-0.3, -0.25) is 0 Å². The molecule has 0 aliphatic heterocycles. The highest BCUT2D eigenvalue weighted by atomic mass is 32.1. The molecule has 0 aliphatic carbocycles. The fraction of sp³-hybridized carbons (Fsp3) is 0.0597. The summed E-state index contributed by atoms with van der Waals surface area (Å²) >= 11 is 5.74. The highest BCUT2D eigenvalue weighted by molar-refractivity contribution is 7.27. The van der Waals surface area contributed by atoms with Crippen LogP contribution in [0.15, 0.2) is 473 Å². The molecule has 0 amide bonds. The Hall–Kier alpha value is -15.7. The molecular weight excluding hydrogens is 1710 g/mol. The van der Waals surface area contributed by atoms with Crippen LogP contribution in [0.3, 0.4) is 0 Å². The van der Waals surface area contributed by atoms with Gasteiger partial charge in [-0.15, -0.1) is 34.0 Å². The Morgan fingerprint density at radius 3 is 0.781 bits per heavy atom. The Labute approximate surface area is 811 Å². The van der Waals surface area contributed by atoms with Gasteiger partial charge in [0.05, 0.1) is 0 Å². The van der Waals surface area contributed by atoms with Crippen molar-refractivity contribution in [2.45, 2.75) is 52.4 Å². The van der Waals surface area contributed by atoms with Crippen molar-refractivity contribution in [1.29, 1.82) is 0 Å². The SMILES string of the molecule is CC(C)(C)c1ccc2sc3c(-c4cccc(-c5cc6ccccc6c6ccccc56)c4)cc(C(C)(C)C)cc3c2c1.c1ccc(-c2cc(-c3ccccc3)c3sc4c(-c5ccc(-c6cc7ccccc7c7ccccc67)cc5)cc(-c5ccccc5)cc4c3c2)cc1.c1ccc(-c2ccc3sc4c(-c5ccc(-c6cc7ccccc7c7ccccc67)cc5)cc(-c5ccccc5)cc4c3c2)cc1.